The molecule has 2 atom stereocenters. The first-order chi connectivity index (χ1) is 7.60. The van der Waals surface area contributed by atoms with E-state index in [-0.39, 0.29) is 0 Å². The van der Waals surface area contributed by atoms with E-state index in [2.05, 4.69) is 26.1 Å². The van der Waals surface area contributed by atoms with Crippen molar-refractivity contribution >= 4 is 0 Å². The Hall–Kier alpha value is -0.0800. The molecular weight excluding hydrogens is 198 g/mol. The summed E-state index contributed by atoms with van der Waals surface area (Å²) in [6, 6.07) is 0.678. The van der Waals surface area contributed by atoms with Crippen molar-refractivity contribution < 1.29 is 4.74 Å². The van der Waals surface area contributed by atoms with Crippen LogP contribution in [0.5, 0.6) is 0 Å². The Balaban J connectivity index is 2.00. The summed E-state index contributed by atoms with van der Waals surface area (Å²) in [4.78, 5) is 0. The highest BCUT2D eigenvalue weighted by Crippen LogP contribution is 2.50. The molecule has 16 heavy (non-hydrogen) atoms. The molecule has 0 saturated heterocycles. The molecule has 0 radical (unpaired) electrons. The number of rotatable bonds is 5. The molecule has 1 N–H and O–H groups in total. The Morgan fingerprint density at radius 1 is 1.25 bits per heavy atom. The Bertz CT molecular complexity index is 243. The molecular formula is C14H27NO. The van der Waals surface area contributed by atoms with Gasteiger partial charge in [0, 0.05) is 24.1 Å². The van der Waals surface area contributed by atoms with E-state index < -0.39 is 0 Å². The Kier molecular flexibility index (Phi) is 3.33. The first-order valence-electron chi connectivity index (χ1n) is 6.90. The molecule has 0 bridgehead atoms. The molecule has 2 rings (SSSR count). The van der Waals surface area contributed by atoms with Gasteiger partial charge in [-0.15, -0.1) is 0 Å². The van der Waals surface area contributed by atoms with Gasteiger partial charge in [0.05, 0.1) is 6.10 Å². The monoisotopic (exact) mass is 225 g/mol. The molecule has 0 spiro atoms. The minimum Gasteiger partial charge on any atom is -0.381 e. The van der Waals surface area contributed by atoms with Crippen LogP contribution in [0.4, 0.5) is 0 Å². The lowest BCUT2D eigenvalue weighted by Gasteiger charge is -2.59. The van der Waals surface area contributed by atoms with Gasteiger partial charge in [0.25, 0.3) is 0 Å². The number of hydrogen-bond acceptors (Lipinski definition) is 2. The molecule has 2 heteroatoms. The first-order valence-corrected chi connectivity index (χ1v) is 6.90. The highest BCUT2D eigenvalue weighted by Gasteiger charge is 2.54. The van der Waals surface area contributed by atoms with Gasteiger partial charge in [-0.1, -0.05) is 13.8 Å². The fourth-order valence-corrected chi connectivity index (χ4v) is 3.75. The van der Waals surface area contributed by atoms with Crippen LogP contribution in [0.1, 0.15) is 59.3 Å². The minimum absolute atomic E-state index is 0.396. The van der Waals surface area contributed by atoms with Gasteiger partial charge in [0.2, 0.25) is 0 Å². The second kappa shape index (κ2) is 4.30. The zero-order valence-electron chi connectivity index (χ0n) is 11.3. The van der Waals surface area contributed by atoms with E-state index in [1.165, 1.54) is 38.5 Å². The molecule has 2 saturated carbocycles. The fraction of sp³-hybridized carbons (Fsp3) is 1.00. The number of hydrogen-bond donors (Lipinski definition) is 1. The molecule has 2 unspecified atom stereocenters. The molecule has 0 aliphatic heterocycles. The third-order valence-corrected chi connectivity index (χ3v) is 5.37. The summed E-state index contributed by atoms with van der Waals surface area (Å²) in [5, 5.41) is 3.91. The van der Waals surface area contributed by atoms with Gasteiger partial charge in [-0.25, -0.2) is 0 Å². The van der Waals surface area contributed by atoms with Crippen molar-refractivity contribution in [2.45, 2.75) is 77.0 Å². The molecule has 2 fully saturated rings. The molecule has 0 aromatic heterocycles. The lowest BCUT2D eigenvalue weighted by Crippen LogP contribution is -2.68. The van der Waals surface area contributed by atoms with Crippen molar-refractivity contribution in [3.63, 3.8) is 0 Å². The van der Waals surface area contributed by atoms with Crippen LogP contribution in [-0.4, -0.2) is 24.8 Å². The van der Waals surface area contributed by atoms with Crippen LogP contribution in [0.25, 0.3) is 0 Å². The van der Waals surface area contributed by atoms with Crippen molar-refractivity contribution in [1.29, 1.82) is 0 Å². The SMILES string of the molecule is CCC1(CC)C(NC2(C)CCC2)CC1OC. The van der Waals surface area contributed by atoms with Crippen molar-refractivity contribution in [2.75, 3.05) is 7.11 Å². The van der Waals surface area contributed by atoms with Gasteiger partial charge in [-0.05, 0) is 45.4 Å². The number of methoxy groups -OCH3 is 1. The zero-order chi connectivity index (χ0) is 11.8. The lowest BCUT2D eigenvalue weighted by atomic mass is 9.57. The van der Waals surface area contributed by atoms with Gasteiger partial charge in [-0.3, -0.25) is 0 Å². The molecule has 0 amide bonds. The van der Waals surface area contributed by atoms with Gasteiger partial charge in [0.1, 0.15) is 0 Å². The van der Waals surface area contributed by atoms with E-state index in [0.29, 0.717) is 23.1 Å². The van der Waals surface area contributed by atoms with Crippen LogP contribution < -0.4 is 5.32 Å². The van der Waals surface area contributed by atoms with Crippen molar-refractivity contribution in [3.8, 4) is 0 Å². The van der Waals surface area contributed by atoms with Gasteiger partial charge < -0.3 is 10.1 Å². The second-order valence-electron chi connectivity index (χ2n) is 6.01. The summed E-state index contributed by atoms with van der Waals surface area (Å²) < 4.78 is 5.64. The maximum Gasteiger partial charge on any atom is 0.0657 e. The number of nitrogens with one attached hydrogen (secondary N) is 1. The van der Waals surface area contributed by atoms with Crippen LogP contribution in [0.2, 0.25) is 0 Å². The average molecular weight is 225 g/mol. The maximum absolute atomic E-state index is 5.64. The van der Waals surface area contributed by atoms with Crippen LogP contribution in [0, 0.1) is 5.41 Å². The fourth-order valence-electron chi connectivity index (χ4n) is 3.75. The highest BCUT2D eigenvalue weighted by molar-refractivity contribution is 5.10. The van der Waals surface area contributed by atoms with E-state index in [4.69, 9.17) is 4.74 Å². The summed E-state index contributed by atoms with van der Waals surface area (Å²) in [7, 11) is 1.87. The van der Waals surface area contributed by atoms with Gasteiger partial charge in [0.15, 0.2) is 0 Å². The minimum atomic E-state index is 0.396. The van der Waals surface area contributed by atoms with E-state index in [1.807, 2.05) is 7.11 Å². The third kappa shape index (κ3) is 1.70. The summed E-state index contributed by atoms with van der Waals surface area (Å²) in [5.41, 5.74) is 0.826. The average Bonchev–Trinajstić information content (AvgIpc) is 2.23. The smallest absolute Gasteiger partial charge is 0.0657 e. The van der Waals surface area contributed by atoms with Crippen molar-refractivity contribution in [2.24, 2.45) is 5.41 Å². The first kappa shape index (κ1) is 12.4. The Morgan fingerprint density at radius 2 is 1.88 bits per heavy atom. The van der Waals surface area contributed by atoms with E-state index in [1.54, 1.807) is 0 Å². The highest BCUT2D eigenvalue weighted by atomic mass is 16.5. The van der Waals surface area contributed by atoms with E-state index in [0.717, 1.165) is 0 Å². The number of ether oxygens (including phenoxy) is 1. The van der Waals surface area contributed by atoms with Crippen LogP contribution in [-0.2, 0) is 4.74 Å². The summed E-state index contributed by atoms with van der Waals surface area (Å²) in [6.45, 7) is 7.01. The quantitative estimate of drug-likeness (QED) is 0.776. The zero-order valence-corrected chi connectivity index (χ0v) is 11.3. The molecule has 94 valence electrons. The van der Waals surface area contributed by atoms with Gasteiger partial charge >= 0.3 is 0 Å². The van der Waals surface area contributed by atoms with E-state index in [9.17, 15) is 0 Å². The Labute approximate surface area is 100 Å². The van der Waals surface area contributed by atoms with Crippen molar-refractivity contribution in [1.82, 2.24) is 5.32 Å². The third-order valence-electron chi connectivity index (χ3n) is 5.37. The standard InChI is InChI=1S/C14H27NO/c1-5-14(6-2)11(10-12(14)16-4)15-13(3)8-7-9-13/h11-12,15H,5-10H2,1-4H3. The van der Waals surface area contributed by atoms with Crippen molar-refractivity contribution in [3.05, 3.63) is 0 Å². The molecule has 0 aromatic carbocycles. The molecule has 0 aromatic rings. The topological polar surface area (TPSA) is 21.3 Å². The molecule has 2 aliphatic rings. The molecule has 2 aliphatic carbocycles. The Morgan fingerprint density at radius 3 is 2.25 bits per heavy atom. The predicted molar refractivity (Wildman–Crippen MR) is 67.6 cm³/mol. The summed E-state index contributed by atoms with van der Waals surface area (Å²) in [6.07, 6.45) is 8.24. The van der Waals surface area contributed by atoms with Gasteiger partial charge in [-0.2, -0.15) is 0 Å². The van der Waals surface area contributed by atoms with Crippen LogP contribution in [0.3, 0.4) is 0 Å². The van der Waals surface area contributed by atoms with Crippen LogP contribution in [0.15, 0.2) is 0 Å². The predicted octanol–water partition coefficient (Wildman–Crippen LogP) is 3.11. The van der Waals surface area contributed by atoms with Crippen LogP contribution >= 0.6 is 0 Å². The lowest BCUT2D eigenvalue weighted by molar-refractivity contribution is -0.133. The summed E-state index contributed by atoms with van der Waals surface area (Å²) >= 11 is 0. The molecule has 2 nitrogen and oxygen atoms in total. The molecule has 0 heterocycles. The largest absolute Gasteiger partial charge is 0.381 e. The van der Waals surface area contributed by atoms with E-state index >= 15 is 0 Å². The normalized spacial score (nSPS) is 35.2. The maximum atomic E-state index is 5.64. The summed E-state index contributed by atoms with van der Waals surface area (Å²) in [5.74, 6) is 0. The second-order valence-corrected chi connectivity index (χ2v) is 6.01.